The van der Waals surface area contributed by atoms with Crippen LogP contribution in [0.4, 0.5) is 0 Å². The molecule has 1 amide bonds. The molecule has 0 spiro atoms. The van der Waals surface area contributed by atoms with Crippen molar-refractivity contribution < 1.29 is 14.7 Å². The van der Waals surface area contributed by atoms with E-state index in [0.29, 0.717) is 31.6 Å². The minimum Gasteiger partial charge on any atom is -0.479 e. The fourth-order valence-electron chi connectivity index (χ4n) is 3.05. The van der Waals surface area contributed by atoms with Crippen LogP contribution in [0.15, 0.2) is 0 Å². The fraction of sp³-hybridized carbons (Fsp3) is 0.833. The molecule has 1 atom stereocenters. The van der Waals surface area contributed by atoms with Crippen LogP contribution in [0.2, 0.25) is 0 Å². The van der Waals surface area contributed by atoms with Crippen LogP contribution in [0.1, 0.15) is 38.5 Å². The van der Waals surface area contributed by atoms with Crippen molar-refractivity contribution in [2.24, 2.45) is 5.92 Å². The number of likely N-dealkylation sites (tertiary alicyclic amines) is 1. The molecule has 96 valence electrons. The first-order valence-corrected chi connectivity index (χ1v) is 6.88. The lowest BCUT2D eigenvalue weighted by atomic mass is 9.80. The van der Waals surface area contributed by atoms with E-state index in [9.17, 15) is 14.7 Å². The molecular formula is C12H19NO3S. The number of hydrogen-bond acceptors (Lipinski definition) is 3. The van der Waals surface area contributed by atoms with Crippen LogP contribution in [-0.4, -0.2) is 39.7 Å². The topological polar surface area (TPSA) is 57.6 Å². The molecule has 1 aliphatic heterocycles. The van der Waals surface area contributed by atoms with Crippen LogP contribution >= 0.6 is 12.6 Å². The SMILES string of the molecule is O=C1CC(CS)CN1C1(C(=O)O)CCCCC1. The molecule has 5 heteroatoms. The fourth-order valence-corrected chi connectivity index (χ4v) is 3.30. The van der Waals surface area contributed by atoms with Gasteiger partial charge in [-0.15, -0.1) is 0 Å². The zero-order valence-electron chi connectivity index (χ0n) is 9.89. The predicted octanol–water partition coefficient (Wildman–Crippen LogP) is 1.55. The van der Waals surface area contributed by atoms with Crippen LogP contribution in [0.25, 0.3) is 0 Å². The Balaban J connectivity index is 2.22. The first kappa shape index (κ1) is 12.7. The number of rotatable bonds is 3. The van der Waals surface area contributed by atoms with Crippen molar-refractivity contribution in [3.8, 4) is 0 Å². The van der Waals surface area contributed by atoms with Gasteiger partial charge in [0.2, 0.25) is 5.91 Å². The van der Waals surface area contributed by atoms with Gasteiger partial charge in [0.05, 0.1) is 0 Å². The smallest absolute Gasteiger partial charge is 0.329 e. The zero-order valence-corrected chi connectivity index (χ0v) is 10.8. The highest BCUT2D eigenvalue weighted by molar-refractivity contribution is 7.80. The largest absolute Gasteiger partial charge is 0.479 e. The van der Waals surface area contributed by atoms with Gasteiger partial charge in [-0.05, 0) is 24.5 Å². The number of carbonyl (C=O) groups excluding carboxylic acids is 1. The maximum absolute atomic E-state index is 12.0. The molecule has 17 heavy (non-hydrogen) atoms. The predicted molar refractivity (Wildman–Crippen MR) is 67.1 cm³/mol. The number of carboxylic acid groups (broad SMARTS) is 1. The van der Waals surface area contributed by atoms with E-state index < -0.39 is 11.5 Å². The normalized spacial score (nSPS) is 28.4. The van der Waals surface area contributed by atoms with E-state index in [0.717, 1.165) is 19.3 Å². The number of carbonyl (C=O) groups is 2. The Kier molecular flexibility index (Phi) is 3.66. The van der Waals surface area contributed by atoms with Gasteiger partial charge in [0, 0.05) is 13.0 Å². The van der Waals surface area contributed by atoms with Crippen molar-refractivity contribution >= 4 is 24.5 Å². The quantitative estimate of drug-likeness (QED) is 0.754. The highest BCUT2D eigenvalue weighted by Crippen LogP contribution is 2.38. The molecule has 0 aromatic rings. The average Bonchev–Trinajstić information content (AvgIpc) is 2.71. The second kappa shape index (κ2) is 4.88. The van der Waals surface area contributed by atoms with Crippen molar-refractivity contribution in [3.63, 3.8) is 0 Å². The summed E-state index contributed by atoms with van der Waals surface area (Å²) < 4.78 is 0. The summed E-state index contributed by atoms with van der Waals surface area (Å²) in [5.41, 5.74) is -0.924. The highest BCUT2D eigenvalue weighted by atomic mass is 32.1. The third kappa shape index (κ3) is 2.17. The van der Waals surface area contributed by atoms with Crippen LogP contribution in [0.3, 0.4) is 0 Å². The first-order valence-electron chi connectivity index (χ1n) is 6.25. The molecule has 0 aromatic carbocycles. The minimum absolute atomic E-state index is 0.00616. The molecule has 0 aromatic heterocycles. The monoisotopic (exact) mass is 257 g/mol. The summed E-state index contributed by atoms with van der Waals surface area (Å²) in [6.07, 6.45) is 4.55. The van der Waals surface area contributed by atoms with E-state index in [1.165, 1.54) is 0 Å². The summed E-state index contributed by atoms with van der Waals surface area (Å²) in [5, 5.41) is 9.51. The van der Waals surface area contributed by atoms with Crippen molar-refractivity contribution in [2.45, 2.75) is 44.1 Å². The van der Waals surface area contributed by atoms with Crippen molar-refractivity contribution in [3.05, 3.63) is 0 Å². The van der Waals surface area contributed by atoms with Gasteiger partial charge in [-0.1, -0.05) is 19.3 Å². The van der Waals surface area contributed by atoms with Gasteiger partial charge in [0.1, 0.15) is 5.54 Å². The Morgan fingerprint density at radius 2 is 2.06 bits per heavy atom. The average molecular weight is 257 g/mol. The summed E-state index contributed by atoms with van der Waals surface area (Å²) in [5.74, 6) is 0.0282. The van der Waals surface area contributed by atoms with Crippen LogP contribution in [-0.2, 0) is 9.59 Å². The molecule has 1 saturated heterocycles. The lowest BCUT2D eigenvalue weighted by molar-refractivity contribution is -0.159. The molecular weight excluding hydrogens is 238 g/mol. The number of amides is 1. The van der Waals surface area contributed by atoms with Gasteiger partial charge in [0.15, 0.2) is 0 Å². The van der Waals surface area contributed by atoms with E-state index >= 15 is 0 Å². The molecule has 0 bridgehead atoms. The molecule has 2 rings (SSSR count). The molecule has 2 fully saturated rings. The molecule has 1 aliphatic carbocycles. The first-order chi connectivity index (χ1) is 8.10. The third-order valence-electron chi connectivity index (χ3n) is 4.06. The lowest BCUT2D eigenvalue weighted by Crippen LogP contribution is -2.56. The van der Waals surface area contributed by atoms with Gasteiger partial charge < -0.3 is 10.0 Å². The lowest BCUT2D eigenvalue weighted by Gasteiger charge is -2.41. The van der Waals surface area contributed by atoms with E-state index in [1.807, 2.05) is 0 Å². The molecule has 1 heterocycles. The highest BCUT2D eigenvalue weighted by Gasteiger charge is 2.50. The number of nitrogens with zero attached hydrogens (tertiary/aromatic N) is 1. The van der Waals surface area contributed by atoms with Gasteiger partial charge in [0.25, 0.3) is 0 Å². The molecule has 1 N–H and O–H groups in total. The zero-order chi connectivity index (χ0) is 12.5. The maximum Gasteiger partial charge on any atom is 0.329 e. The summed E-state index contributed by atoms with van der Waals surface area (Å²) in [6, 6.07) is 0. The number of hydrogen-bond donors (Lipinski definition) is 2. The Hall–Kier alpha value is -0.710. The second-order valence-corrected chi connectivity index (χ2v) is 5.52. The van der Waals surface area contributed by atoms with Crippen LogP contribution < -0.4 is 0 Å². The standard InChI is InChI=1S/C12H19NO3S/c14-10-6-9(8-17)7-13(10)12(11(15)16)4-2-1-3-5-12/h9,17H,1-8H2,(H,15,16). The molecule has 1 saturated carbocycles. The Bertz CT molecular complexity index is 326. The number of aliphatic carboxylic acids is 1. The van der Waals surface area contributed by atoms with Crippen LogP contribution in [0.5, 0.6) is 0 Å². The van der Waals surface area contributed by atoms with E-state index in [1.54, 1.807) is 4.90 Å². The molecule has 0 radical (unpaired) electrons. The van der Waals surface area contributed by atoms with Gasteiger partial charge >= 0.3 is 5.97 Å². The van der Waals surface area contributed by atoms with E-state index in [-0.39, 0.29) is 11.8 Å². The molecule has 2 aliphatic rings. The molecule has 4 nitrogen and oxygen atoms in total. The molecule has 1 unspecified atom stereocenters. The second-order valence-electron chi connectivity index (χ2n) is 5.15. The Labute approximate surface area is 107 Å². The number of carboxylic acids is 1. The third-order valence-corrected chi connectivity index (χ3v) is 4.58. The number of thiol groups is 1. The van der Waals surface area contributed by atoms with Gasteiger partial charge in [-0.2, -0.15) is 12.6 Å². The maximum atomic E-state index is 12.0. The summed E-state index contributed by atoms with van der Waals surface area (Å²) >= 11 is 4.21. The van der Waals surface area contributed by atoms with Crippen molar-refractivity contribution in [2.75, 3.05) is 12.3 Å². The summed E-state index contributed by atoms with van der Waals surface area (Å²) in [6.45, 7) is 0.564. The Morgan fingerprint density at radius 3 is 2.53 bits per heavy atom. The van der Waals surface area contributed by atoms with Gasteiger partial charge in [-0.25, -0.2) is 4.79 Å². The van der Waals surface area contributed by atoms with Gasteiger partial charge in [-0.3, -0.25) is 4.79 Å². The van der Waals surface area contributed by atoms with E-state index in [2.05, 4.69) is 12.6 Å². The summed E-state index contributed by atoms with van der Waals surface area (Å²) in [7, 11) is 0. The Morgan fingerprint density at radius 1 is 1.41 bits per heavy atom. The minimum atomic E-state index is -0.924. The van der Waals surface area contributed by atoms with Crippen LogP contribution in [0, 0.1) is 5.92 Å². The van der Waals surface area contributed by atoms with Crippen molar-refractivity contribution in [1.82, 2.24) is 4.90 Å². The van der Waals surface area contributed by atoms with Crippen molar-refractivity contribution in [1.29, 1.82) is 0 Å². The summed E-state index contributed by atoms with van der Waals surface area (Å²) in [4.78, 5) is 25.2. The van der Waals surface area contributed by atoms with E-state index in [4.69, 9.17) is 0 Å².